The molecule has 6 heteroatoms. The van der Waals surface area contributed by atoms with Crippen molar-refractivity contribution in [1.82, 2.24) is 9.88 Å². The van der Waals surface area contributed by atoms with Gasteiger partial charge in [-0.05, 0) is 18.6 Å². The number of rotatable bonds is 6. The fourth-order valence-electron chi connectivity index (χ4n) is 1.38. The van der Waals surface area contributed by atoms with Gasteiger partial charge in [-0.1, -0.05) is 0 Å². The molecule has 0 aromatic carbocycles. The van der Waals surface area contributed by atoms with Gasteiger partial charge in [-0.15, -0.1) is 0 Å². The number of pyridine rings is 1. The van der Waals surface area contributed by atoms with Crippen molar-refractivity contribution in [3.05, 3.63) is 24.0 Å². The highest BCUT2D eigenvalue weighted by molar-refractivity contribution is 5.92. The molecule has 0 aliphatic carbocycles. The van der Waals surface area contributed by atoms with E-state index in [2.05, 4.69) is 10.4 Å². The lowest BCUT2D eigenvalue weighted by molar-refractivity contribution is 0.0773. The van der Waals surface area contributed by atoms with E-state index in [1.165, 1.54) is 0 Å². The van der Waals surface area contributed by atoms with Crippen molar-refractivity contribution in [3.63, 3.8) is 0 Å². The van der Waals surface area contributed by atoms with E-state index in [-0.39, 0.29) is 5.91 Å². The van der Waals surface area contributed by atoms with Crippen molar-refractivity contribution in [1.29, 1.82) is 0 Å². The van der Waals surface area contributed by atoms with Crippen LogP contribution >= 0.6 is 0 Å². The maximum atomic E-state index is 12.0. The molecule has 1 aromatic heterocycles. The van der Waals surface area contributed by atoms with Gasteiger partial charge in [0.05, 0.1) is 5.69 Å². The smallest absolute Gasteiger partial charge is 0.272 e. The van der Waals surface area contributed by atoms with Crippen LogP contribution in [0.2, 0.25) is 0 Å². The van der Waals surface area contributed by atoms with Gasteiger partial charge >= 0.3 is 0 Å². The van der Waals surface area contributed by atoms with Crippen LogP contribution in [0.25, 0.3) is 0 Å². The van der Waals surface area contributed by atoms with Crippen LogP contribution < -0.4 is 11.3 Å². The summed E-state index contributed by atoms with van der Waals surface area (Å²) in [7, 11) is 3.38. The van der Waals surface area contributed by atoms with Crippen LogP contribution in [0, 0.1) is 0 Å². The molecule has 0 saturated heterocycles. The Labute approximate surface area is 101 Å². The number of amides is 1. The zero-order chi connectivity index (χ0) is 12.7. The number of carbonyl (C=O) groups excluding carboxylic acids is 1. The molecule has 1 aromatic rings. The van der Waals surface area contributed by atoms with Crippen molar-refractivity contribution in [2.75, 3.05) is 32.7 Å². The number of nitrogens with one attached hydrogen (secondary N) is 1. The van der Waals surface area contributed by atoms with Crippen LogP contribution in [0.4, 0.5) is 5.69 Å². The number of hydrogen-bond donors (Lipinski definition) is 2. The standard InChI is InChI=1S/C11H18N4O2/c1-15(6-3-7-17-2)11(16)10-8-9(14-12)4-5-13-10/h4-5,8H,3,6-7,12H2,1-2H3,(H,13,14). The molecule has 0 aliphatic heterocycles. The molecule has 0 radical (unpaired) electrons. The minimum Gasteiger partial charge on any atom is -0.385 e. The predicted molar refractivity (Wildman–Crippen MR) is 65.5 cm³/mol. The number of aromatic nitrogens is 1. The quantitative estimate of drug-likeness (QED) is 0.428. The Hall–Kier alpha value is -1.66. The summed E-state index contributed by atoms with van der Waals surface area (Å²) in [6, 6.07) is 3.32. The first-order chi connectivity index (χ1) is 8.19. The van der Waals surface area contributed by atoms with Crippen molar-refractivity contribution < 1.29 is 9.53 Å². The van der Waals surface area contributed by atoms with Crippen molar-refractivity contribution in [2.24, 2.45) is 5.84 Å². The molecule has 0 saturated carbocycles. The van der Waals surface area contributed by atoms with Gasteiger partial charge in [-0.2, -0.15) is 0 Å². The van der Waals surface area contributed by atoms with Crippen LogP contribution in [0.3, 0.4) is 0 Å². The molecule has 0 bridgehead atoms. The minimum absolute atomic E-state index is 0.127. The Morgan fingerprint density at radius 2 is 2.41 bits per heavy atom. The van der Waals surface area contributed by atoms with Gasteiger partial charge in [0.15, 0.2) is 0 Å². The molecule has 6 nitrogen and oxygen atoms in total. The van der Waals surface area contributed by atoms with Gasteiger partial charge in [0, 0.05) is 33.5 Å². The van der Waals surface area contributed by atoms with E-state index in [9.17, 15) is 4.79 Å². The second-order valence-electron chi connectivity index (χ2n) is 3.65. The highest BCUT2D eigenvalue weighted by Gasteiger charge is 2.12. The highest BCUT2D eigenvalue weighted by atomic mass is 16.5. The van der Waals surface area contributed by atoms with E-state index in [4.69, 9.17) is 10.6 Å². The predicted octanol–water partition coefficient (Wildman–Crippen LogP) is 0.476. The lowest BCUT2D eigenvalue weighted by Crippen LogP contribution is -2.29. The summed E-state index contributed by atoms with van der Waals surface area (Å²) in [6.07, 6.45) is 2.35. The number of hydrogen-bond acceptors (Lipinski definition) is 5. The van der Waals surface area contributed by atoms with Crippen LogP contribution in [-0.2, 0) is 4.74 Å². The average molecular weight is 238 g/mol. The zero-order valence-corrected chi connectivity index (χ0v) is 10.1. The van der Waals surface area contributed by atoms with E-state index in [1.807, 2.05) is 0 Å². The van der Waals surface area contributed by atoms with Crippen LogP contribution in [0.15, 0.2) is 18.3 Å². The van der Waals surface area contributed by atoms with Crippen molar-refractivity contribution >= 4 is 11.6 Å². The lowest BCUT2D eigenvalue weighted by Gasteiger charge is -2.16. The molecule has 0 atom stereocenters. The second kappa shape index (κ2) is 6.82. The first kappa shape index (κ1) is 13.4. The number of hydrazine groups is 1. The van der Waals surface area contributed by atoms with E-state index < -0.39 is 0 Å². The number of ether oxygens (including phenoxy) is 1. The van der Waals surface area contributed by atoms with Gasteiger partial charge < -0.3 is 15.1 Å². The number of nitrogens with two attached hydrogens (primary N) is 1. The topological polar surface area (TPSA) is 80.5 Å². The van der Waals surface area contributed by atoms with Gasteiger partial charge in [-0.25, -0.2) is 0 Å². The normalized spacial score (nSPS) is 10.1. The molecular formula is C11H18N4O2. The van der Waals surface area contributed by atoms with E-state index in [0.717, 1.165) is 6.42 Å². The number of anilines is 1. The Bertz CT molecular complexity index is 370. The van der Waals surface area contributed by atoms with Crippen molar-refractivity contribution in [3.8, 4) is 0 Å². The molecule has 94 valence electrons. The molecule has 0 fully saturated rings. The summed E-state index contributed by atoms with van der Waals surface area (Å²) < 4.78 is 4.93. The maximum Gasteiger partial charge on any atom is 0.272 e. The second-order valence-corrected chi connectivity index (χ2v) is 3.65. The summed E-state index contributed by atoms with van der Waals surface area (Å²) in [6.45, 7) is 1.27. The first-order valence-electron chi connectivity index (χ1n) is 5.36. The first-order valence-corrected chi connectivity index (χ1v) is 5.36. The third-order valence-electron chi connectivity index (χ3n) is 2.33. The third-order valence-corrected chi connectivity index (χ3v) is 2.33. The molecule has 3 N–H and O–H groups in total. The fourth-order valence-corrected chi connectivity index (χ4v) is 1.38. The van der Waals surface area contributed by atoms with E-state index in [1.54, 1.807) is 37.4 Å². The molecule has 0 unspecified atom stereocenters. The SMILES string of the molecule is COCCCN(C)C(=O)c1cc(NN)ccn1. The maximum absolute atomic E-state index is 12.0. The highest BCUT2D eigenvalue weighted by Crippen LogP contribution is 2.08. The molecular weight excluding hydrogens is 220 g/mol. The van der Waals surface area contributed by atoms with Crippen LogP contribution in [0.1, 0.15) is 16.9 Å². The molecule has 1 rings (SSSR count). The fraction of sp³-hybridized carbons (Fsp3) is 0.455. The Morgan fingerprint density at radius 3 is 3.06 bits per heavy atom. The minimum atomic E-state index is -0.127. The van der Waals surface area contributed by atoms with Gasteiger partial charge in [0.1, 0.15) is 5.69 Å². The number of methoxy groups -OCH3 is 1. The Balaban J connectivity index is 2.61. The summed E-state index contributed by atoms with van der Waals surface area (Å²) in [5.74, 6) is 5.15. The zero-order valence-electron chi connectivity index (χ0n) is 10.1. The Morgan fingerprint density at radius 1 is 1.65 bits per heavy atom. The van der Waals surface area contributed by atoms with E-state index >= 15 is 0 Å². The van der Waals surface area contributed by atoms with Gasteiger partial charge in [-0.3, -0.25) is 15.6 Å². The summed E-state index contributed by atoms with van der Waals surface area (Å²) in [5, 5.41) is 0. The lowest BCUT2D eigenvalue weighted by atomic mass is 10.3. The van der Waals surface area contributed by atoms with Crippen LogP contribution in [0.5, 0.6) is 0 Å². The van der Waals surface area contributed by atoms with Crippen molar-refractivity contribution in [2.45, 2.75) is 6.42 Å². The molecule has 1 heterocycles. The molecule has 0 aliphatic rings. The number of nitrogens with zero attached hydrogens (tertiary/aromatic N) is 2. The Kier molecular flexibility index (Phi) is 5.38. The van der Waals surface area contributed by atoms with Crippen LogP contribution in [-0.4, -0.2) is 43.1 Å². The third kappa shape index (κ3) is 4.01. The number of nitrogen functional groups attached to an aromatic ring is 1. The molecule has 1 amide bonds. The number of carbonyl (C=O) groups is 1. The summed E-state index contributed by atoms with van der Waals surface area (Å²) in [4.78, 5) is 17.6. The van der Waals surface area contributed by atoms with Gasteiger partial charge in [0.25, 0.3) is 5.91 Å². The van der Waals surface area contributed by atoms with Gasteiger partial charge in [0.2, 0.25) is 0 Å². The molecule has 0 spiro atoms. The summed E-state index contributed by atoms with van der Waals surface area (Å²) >= 11 is 0. The largest absolute Gasteiger partial charge is 0.385 e. The monoisotopic (exact) mass is 238 g/mol. The molecule has 17 heavy (non-hydrogen) atoms. The van der Waals surface area contributed by atoms with E-state index in [0.29, 0.717) is 24.5 Å². The average Bonchev–Trinajstić information content (AvgIpc) is 2.38. The summed E-state index contributed by atoms with van der Waals surface area (Å²) in [5.41, 5.74) is 3.52.